The second kappa shape index (κ2) is 7.30. The summed E-state index contributed by atoms with van der Waals surface area (Å²) in [5.41, 5.74) is 0.602. The van der Waals surface area contributed by atoms with Crippen molar-refractivity contribution in [3.05, 3.63) is 65.4 Å². The number of carbonyl (C=O) groups excluding carboxylic acids is 1. The average molecular weight is 378 g/mol. The van der Waals surface area contributed by atoms with Gasteiger partial charge in [0.1, 0.15) is 11.5 Å². The lowest BCUT2D eigenvalue weighted by Gasteiger charge is -2.08. The molecule has 0 aliphatic rings. The number of alkyl halides is 3. The van der Waals surface area contributed by atoms with Crippen molar-refractivity contribution in [2.75, 3.05) is 6.61 Å². The van der Waals surface area contributed by atoms with Crippen LogP contribution in [0.5, 0.6) is 0 Å². The molecule has 2 heterocycles. The van der Waals surface area contributed by atoms with Crippen LogP contribution in [0.2, 0.25) is 0 Å². The number of benzene rings is 1. The maximum Gasteiger partial charge on any atom is 0.416 e. The highest BCUT2D eigenvalue weighted by Gasteiger charge is 2.30. The predicted molar refractivity (Wildman–Crippen MR) is 91.2 cm³/mol. The molecule has 0 atom stereocenters. The summed E-state index contributed by atoms with van der Waals surface area (Å²) < 4.78 is 50.8. The van der Waals surface area contributed by atoms with E-state index < -0.39 is 17.7 Å². The van der Waals surface area contributed by atoms with E-state index in [9.17, 15) is 18.0 Å². The SMILES string of the molecule is CCOC(=O)c1cnn(Cc2cc(-c3cccc(C(F)(F)F)c3)c(C)o2)c1. The summed E-state index contributed by atoms with van der Waals surface area (Å²) in [5.74, 6) is 0.546. The molecular weight excluding hydrogens is 361 g/mol. The fraction of sp³-hybridized carbons (Fsp3) is 0.263. The first-order valence-electron chi connectivity index (χ1n) is 8.24. The van der Waals surface area contributed by atoms with Gasteiger partial charge in [-0.1, -0.05) is 12.1 Å². The Bertz CT molecular complexity index is 957. The van der Waals surface area contributed by atoms with Crippen LogP contribution in [0, 0.1) is 6.92 Å². The number of carbonyl (C=O) groups is 1. The molecule has 0 aliphatic heterocycles. The van der Waals surface area contributed by atoms with Crippen molar-refractivity contribution in [3.63, 3.8) is 0 Å². The Hall–Kier alpha value is -3.03. The molecule has 0 saturated carbocycles. The van der Waals surface area contributed by atoms with Gasteiger partial charge in [-0.15, -0.1) is 0 Å². The first-order chi connectivity index (χ1) is 12.8. The molecule has 8 heteroatoms. The second-order valence-corrected chi connectivity index (χ2v) is 5.91. The molecule has 0 amide bonds. The lowest BCUT2D eigenvalue weighted by molar-refractivity contribution is -0.137. The van der Waals surface area contributed by atoms with Crippen LogP contribution in [0.25, 0.3) is 11.1 Å². The molecule has 1 aromatic carbocycles. The molecule has 0 fully saturated rings. The zero-order chi connectivity index (χ0) is 19.6. The van der Waals surface area contributed by atoms with Crippen LogP contribution in [0.3, 0.4) is 0 Å². The van der Waals surface area contributed by atoms with Gasteiger partial charge in [0, 0.05) is 11.8 Å². The number of furan rings is 1. The van der Waals surface area contributed by atoms with Gasteiger partial charge in [-0.3, -0.25) is 4.68 Å². The van der Waals surface area contributed by atoms with E-state index in [4.69, 9.17) is 9.15 Å². The summed E-state index contributed by atoms with van der Waals surface area (Å²) in [6.07, 6.45) is -1.49. The van der Waals surface area contributed by atoms with Crippen LogP contribution in [0.4, 0.5) is 13.2 Å². The third-order valence-electron chi connectivity index (χ3n) is 3.93. The van der Waals surface area contributed by atoms with E-state index in [-0.39, 0.29) is 13.2 Å². The molecule has 0 saturated heterocycles. The van der Waals surface area contributed by atoms with E-state index >= 15 is 0 Å². The van der Waals surface area contributed by atoms with E-state index in [0.717, 1.165) is 12.1 Å². The Morgan fingerprint density at radius 2 is 2.07 bits per heavy atom. The van der Waals surface area contributed by atoms with E-state index in [1.165, 1.54) is 23.1 Å². The zero-order valence-corrected chi connectivity index (χ0v) is 14.7. The smallest absolute Gasteiger partial charge is 0.416 e. The zero-order valence-electron chi connectivity index (χ0n) is 14.7. The first-order valence-corrected chi connectivity index (χ1v) is 8.24. The molecule has 5 nitrogen and oxygen atoms in total. The molecule has 0 spiro atoms. The predicted octanol–water partition coefficient (Wildman–Crippen LogP) is 4.70. The van der Waals surface area contributed by atoms with Gasteiger partial charge in [0.05, 0.1) is 30.5 Å². The Morgan fingerprint density at radius 3 is 2.78 bits per heavy atom. The van der Waals surface area contributed by atoms with Gasteiger partial charge in [0.25, 0.3) is 0 Å². The molecule has 0 unspecified atom stereocenters. The van der Waals surface area contributed by atoms with Crippen LogP contribution in [0.1, 0.15) is 34.4 Å². The Balaban J connectivity index is 1.82. The minimum Gasteiger partial charge on any atom is -0.464 e. The summed E-state index contributed by atoms with van der Waals surface area (Å²) >= 11 is 0. The highest BCUT2D eigenvalue weighted by Crippen LogP contribution is 2.34. The number of hydrogen-bond acceptors (Lipinski definition) is 4. The summed E-state index contributed by atoms with van der Waals surface area (Å²) in [5, 5.41) is 4.08. The number of ether oxygens (including phenoxy) is 1. The maximum absolute atomic E-state index is 12.9. The molecule has 0 N–H and O–H groups in total. The third kappa shape index (κ3) is 4.21. The second-order valence-electron chi connectivity index (χ2n) is 5.91. The fourth-order valence-electron chi connectivity index (χ4n) is 2.70. The van der Waals surface area contributed by atoms with E-state index in [0.29, 0.717) is 28.2 Å². The minimum absolute atomic E-state index is 0.235. The van der Waals surface area contributed by atoms with Crippen molar-refractivity contribution in [1.29, 1.82) is 0 Å². The monoisotopic (exact) mass is 378 g/mol. The van der Waals surface area contributed by atoms with Gasteiger partial charge < -0.3 is 9.15 Å². The van der Waals surface area contributed by atoms with Crippen LogP contribution in [-0.4, -0.2) is 22.4 Å². The average Bonchev–Trinajstić information content (AvgIpc) is 3.21. The van der Waals surface area contributed by atoms with Gasteiger partial charge in [0.2, 0.25) is 0 Å². The van der Waals surface area contributed by atoms with Crippen molar-refractivity contribution >= 4 is 5.97 Å². The maximum atomic E-state index is 12.9. The van der Waals surface area contributed by atoms with Crippen LogP contribution in [-0.2, 0) is 17.5 Å². The van der Waals surface area contributed by atoms with Crippen molar-refractivity contribution in [3.8, 4) is 11.1 Å². The molecular formula is C19H17F3N2O3. The van der Waals surface area contributed by atoms with Gasteiger partial charge in [-0.2, -0.15) is 18.3 Å². The highest BCUT2D eigenvalue weighted by molar-refractivity contribution is 5.88. The van der Waals surface area contributed by atoms with E-state index in [1.807, 2.05) is 0 Å². The number of aryl methyl sites for hydroxylation is 1. The van der Waals surface area contributed by atoms with Crippen LogP contribution in [0.15, 0.2) is 47.1 Å². The van der Waals surface area contributed by atoms with Gasteiger partial charge >= 0.3 is 12.1 Å². The molecule has 3 rings (SSSR count). The molecule has 142 valence electrons. The molecule has 27 heavy (non-hydrogen) atoms. The first kappa shape index (κ1) is 18.8. The number of halogens is 3. The van der Waals surface area contributed by atoms with Crippen molar-refractivity contribution in [2.24, 2.45) is 0 Å². The van der Waals surface area contributed by atoms with E-state index in [1.54, 1.807) is 26.0 Å². The van der Waals surface area contributed by atoms with Crippen molar-refractivity contribution in [2.45, 2.75) is 26.6 Å². The summed E-state index contributed by atoms with van der Waals surface area (Å²) in [7, 11) is 0. The third-order valence-corrected chi connectivity index (χ3v) is 3.93. The lowest BCUT2D eigenvalue weighted by Crippen LogP contribution is -2.04. The summed E-state index contributed by atoms with van der Waals surface area (Å²) in [6.45, 7) is 3.90. The summed E-state index contributed by atoms with van der Waals surface area (Å²) in [6, 6.07) is 6.76. The number of hydrogen-bond donors (Lipinski definition) is 0. The quantitative estimate of drug-likeness (QED) is 0.604. The Kier molecular flexibility index (Phi) is 5.07. The Labute approximate surface area is 153 Å². The number of aromatic nitrogens is 2. The van der Waals surface area contributed by atoms with Gasteiger partial charge in [0.15, 0.2) is 0 Å². The fourth-order valence-corrected chi connectivity index (χ4v) is 2.70. The molecule has 0 aliphatic carbocycles. The Morgan fingerprint density at radius 1 is 1.30 bits per heavy atom. The van der Waals surface area contributed by atoms with E-state index in [2.05, 4.69) is 5.10 Å². The minimum atomic E-state index is -4.41. The van der Waals surface area contributed by atoms with Crippen molar-refractivity contribution < 1.29 is 27.1 Å². The summed E-state index contributed by atoms with van der Waals surface area (Å²) in [4.78, 5) is 11.7. The lowest BCUT2D eigenvalue weighted by atomic mass is 10.0. The number of esters is 1. The molecule has 3 aromatic rings. The van der Waals surface area contributed by atoms with Crippen molar-refractivity contribution in [1.82, 2.24) is 9.78 Å². The molecule has 0 bridgehead atoms. The highest BCUT2D eigenvalue weighted by atomic mass is 19.4. The standard InChI is InChI=1S/C19H17F3N2O3/c1-3-26-18(25)14-9-23-24(10-14)11-16-8-17(12(2)27-16)13-5-4-6-15(7-13)19(20,21)22/h4-10H,3,11H2,1-2H3. The van der Waals surface area contributed by atoms with Gasteiger partial charge in [-0.05, 0) is 37.6 Å². The largest absolute Gasteiger partial charge is 0.464 e. The van der Waals surface area contributed by atoms with Crippen LogP contribution >= 0.6 is 0 Å². The molecule has 0 radical (unpaired) electrons. The number of rotatable bonds is 5. The molecule has 2 aromatic heterocycles. The van der Waals surface area contributed by atoms with Gasteiger partial charge in [-0.25, -0.2) is 4.79 Å². The number of nitrogens with zero attached hydrogens (tertiary/aromatic N) is 2. The normalized spacial score (nSPS) is 11.6. The topological polar surface area (TPSA) is 57.3 Å². The van der Waals surface area contributed by atoms with Crippen LogP contribution < -0.4 is 0 Å².